The van der Waals surface area contributed by atoms with E-state index in [1.54, 1.807) is 0 Å². The predicted molar refractivity (Wildman–Crippen MR) is 103 cm³/mol. The van der Waals surface area contributed by atoms with E-state index in [1.807, 2.05) is 0 Å². The van der Waals surface area contributed by atoms with Gasteiger partial charge in [0.2, 0.25) is 0 Å². The molecular formula is C18H12ClF9N4O3. The van der Waals surface area contributed by atoms with Crippen molar-refractivity contribution in [1.29, 1.82) is 0 Å². The minimum Gasteiger partial charge on any atom is -0.478 e. The molecule has 0 unspecified atom stereocenters. The molecular weight excluding hydrogens is 527 g/mol. The summed E-state index contributed by atoms with van der Waals surface area (Å²) in [6.07, 6.45) is -11.7. The highest BCUT2D eigenvalue weighted by Gasteiger charge is 2.75. The molecule has 0 saturated carbocycles. The Morgan fingerprint density at radius 2 is 1.71 bits per heavy atom. The quantitative estimate of drug-likeness (QED) is 0.233. The second-order valence-electron chi connectivity index (χ2n) is 6.50. The van der Waals surface area contributed by atoms with Crippen LogP contribution in [0.3, 0.4) is 0 Å². The molecule has 0 radical (unpaired) electrons. The maximum Gasteiger partial charge on any atom is 0.437 e. The van der Waals surface area contributed by atoms with Crippen molar-refractivity contribution in [2.45, 2.75) is 24.6 Å². The van der Waals surface area contributed by atoms with Gasteiger partial charge in [-0.1, -0.05) is 17.7 Å². The first kappa shape index (κ1) is 27.8. The minimum absolute atomic E-state index is 0.0153. The normalized spacial score (nSPS) is 14.2. The topological polar surface area (TPSA) is 103 Å². The van der Waals surface area contributed by atoms with E-state index in [0.29, 0.717) is 4.68 Å². The molecule has 0 bridgehead atoms. The van der Waals surface area contributed by atoms with Crippen molar-refractivity contribution < 1.29 is 54.2 Å². The van der Waals surface area contributed by atoms with Crippen molar-refractivity contribution in [3.05, 3.63) is 52.6 Å². The number of halogens is 10. The van der Waals surface area contributed by atoms with Crippen LogP contribution in [0, 0.1) is 0 Å². The smallest absolute Gasteiger partial charge is 0.437 e. The first-order chi connectivity index (χ1) is 16.0. The zero-order chi connectivity index (χ0) is 26.9. The Kier molecular flexibility index (Phi) is 7.69. The van der Waals surface area contributed by atoms with Gasteiger partial charge in [0.15, 0.2) is 11.6 Å². The summed E-state index contributed by atoms with van der Waals surface area (Å²) in [5.74, 6) is -4.77. The van der Waals surface area contributed by atoms with E-state index < -0.39 is 47.9 Å². The Bertz CT molecular complexity index is 1160. The Morgan fingerprint density at radius 3 is 2.17 bits per heavy atom. The molecule has 0 aliphatic heterocycles. The van der Waals surface area contributed by atoms with Crippen LogP contribution >= 0.6 is 11.6 Å². The molecule has 2 rings (SSSR count). The number of allylic oxidation sites excluding steroid dienone is 2. The molecule has 17 heteroatoms. The number of nitrogens with zero attached hydrogens (tertiary/aromatic N) is 3. The molecule has 0 aliphatic carbocycles. The van der Waals surface area contributed by atoms with Crippen LogP contribution in [-0.4, -0.2) is 58.4 Å². The summed E-state index contributed by atoms with van der Waals surface area (Å²) in [4.78, 5) is 14.5. The van der Waals surface area contributed by atoms with E-state index in [2.05, 4.69) is 14.8 Å². The Hall–Kier alpha value is -3.43. The molecule has 7 nitrogen and oxygen atoms in total. The number of nitrogens with two attached hydrogens (primary N) is 1. The van der Waals surface area contributed by atoms with Crippen LogP contribution in [0.25, 0.3) is 11.1 Å². The van der Waals surface area contributed by atoms with Gasteiger partial charge in [0.1, 0.15) is 5.70 Å². The highest BCUT2D eigenvalue weighted by molar-refractivity contribution is 6.33. The Morgan fingerprint density at radius 1 is 1.14 bits per heavy atom. The van der Waals surface area contributed by atoms with Gasteiger partial charge in [0, 0.05) is 18.8 Å². The van der Waals surface area contributed by atoms with E-state index in [0.717, 1.165) is 25.5 Å². The number of carbonyl (C=O) groups is 1. The van der Waals surface area contributed by atoms with Gasteiger partial charge >= 0.3 is 30.6 Å². The lowest BCUT2D eigenvalue weighted by atomic mass is 9.99. The Labute approximate surface area is 194 Å². The summed E-state index contributed by atoms with van der Waals surface area (Å²) in [5.41, 5.74) is -4.56. The number of rotatable bonds is 6. The number of ether oxygens (including phenoxy) is 1. The first-order valence-electron chi connectivity index (χ1n) is 8.78. The van der Waals surface area contributed by atoms with Crippen molar-refractivity contribution in [3.8, 4) is 11.1 Å². The van der Waals surface area contributed by atoms with Crippen LogP contribution in [0.2, 0.25) is 5.02 Å². The summed E-state index contributed by atoms with van der Waals surface area (Å²) in [6.45, 7) is -4.05. The maximum atomic E-state index is 14.4. The van der Waals surface area contributed by atoms with E-state index >= 15 is 0 Å². The van der Waals surface area contributed by atoms with Crippen LogP contribution in [0.1, 0.15) is 10.4 Å². The van der Waals surface area contributed by atoms with Crippen LogP contribution in [0.4, 0.5) is 39.5 Å². The lowest BCUT2D eigenvalue weighted by Gasteiger charge is -2.31. The average molecular weight is 539 g/mol. The molecule has 1 heterocycles. The number of alkyl halides is 9. The predicted octanol–water partition coefficient (Wildman–Crippen LogP) is 5.02. The maximum absolute atomic E-state index is 14.4. The van der Waals surface area contributed by atoms with Crippen LogP contribution in [0.5, 0.6) is 0 Å². The first-order valence-corrected chi connectivity index (χ1v) is 9.16. The third-order valence-corrected chi connectivity index (χ3v) is 4.68. The van der Waals surface area contributed by atoms with Crippen LogP contribution in [0.15, 0.2) is 47.0 Å². The van der Waals surface area contributed by atoms with Crippen molar-refractivity contribution >= 4 is 23.4 Å². The monoisotopic (exact) mass is 538 g/mol. The highest BCUT2D eigenvalue weighted by Crippen LogP contribution is 2.50. The molecule has 2 aromatic rings. The van der Waals surface area contributed by atoms with Gasteiger partial charge in [-0.3, -0.25) is 4.99 Å². The summed E-state index contributed by atoms with van der Waals surface area (Å²) in [5, 5.41) is 12.6. The van der Waals surface area contributed by atoms with E-state index in [4.69, 9.17) is 22.4 Å². The molecule has 35 heavy (non-hydrogen) atoms. The molecule has 3 N–H and O–H groups in total. The third kappa shape index (κ3) is 5.31. The van der Waals surface area contributed by atoms with Crippen LogP contribution < -0.4 is 5.73 Å². The lowest BCUT2D eigenvalue weighted by molar-refractivity contribution is -0.327. The SMILES string of the molecule is CN=C(C(OC(F)F)=C(N)C(F)(C(F)(F)F)C(F)(F)F)n1cc(-c2ccc(Cl)c(C(=O)O)c2)cn1. The van der Waals surface area contributed by atoms with E-state index in [9.17, 15) is 44.3 Å². The fourth-order valence-corrected chi connectivity index (χ4v) is 2.91. The van der Waals surface area contributed by atoms with Crippen molar-refractivity contribution in [2.24, 2.45) is 10.7 Å². The van der Waals surface area contributed by atoms with Gasteiger partial charge in [0.05, 0.1) is 16.8 Å². The minimum atomic E-state index is -6.73. The fourth-order valence-electron chi connectivity index (χ4n) is 2.71. The van der Waals surface area contributed by atoms with Gasteiger partial charge in [-0.25, -0.2) is 13.9 Å². The fraction of sp³-hybridized carbons (Fsp3) is 0.278. The summed E-state index contributed by atoms with van der Waals surface area (Å²) in [6, 6.07) is 3.49. The largest absolute Gasteiger partial charge is 0.478 e. The second kappa shape index (κ2) is 9.67. The highest BCUT2D eigenvalue weighted by atomic mass is 35.5. The van der Waals surface area contributed by atoms with Crippen molar-refractivity contribution in [3.63, 3.8) is 0 Å². The average Bonchev–Trinajstić information content (AvgIpc) is 3.20. The number of hydrogen-bond acceptors (Lipinski definition) is 5. The van der Waals surface area contributed by atoms with Crippen LogP contribution in [-0.2, 0) is 4.74 Å². The van der Waals surface area contributed by atoms with Crippen molar-refractivity contribution in [1.82, 2.24) is 9.78 Å². The zero-order valence-electron chi connectivity index (χ0n) is 16.9. The van der Waals surface area contributed by atoms with E-state index in [1.165, 1.54) is 12.1 Å². The van der Waals surface area contributed by atoms with Crippen molar-refractivity contribution in [2.75, 3.05) is 7.05 Å². The molecule has 0 aliphatic rings. The zero-order valence-corrected chi connectivity index (χ0v) is 17.7. The Balaban J connectivity index is 2.72. The van der Waals surface area contributed by atoms with Gasteiger partial charge in [0.25, 0.3) is 0 Å². The molecule has 0 amide bonds. The van der Waals surface area contributed by atoms with E-state index in [-0.39, 0.29) is 21.7 Å². The number of carboxylic acid groups (broad SMARTS) is 1. The number of benzene rings is 1. The summed E-state index contributed by atoms with van der Waals surface area (Å²) in [7, 11) is 0.741. The summed E-state index contributed by atoms with van der Waals surface area (Å²) < 4.78 is 123. The number of carboxylic acids is 1. The standard InChI is InChI=1S/C18H12ClF9N4O3/c1-30-13(11(35-15(20)21)12(29)16(22,17(23,24)25)18(26,27)28)32-6-8(5-31-32)7-2-3-10(19)9(4-7)14(33)34/h2-6,15H,29H2,1H3,(H,33,34). The summed E-state index contributed by atoms with van der Waals surface area (Å²) >= 11 is 5.75. The van der Waals surface area contributed by atoms with Gasteiger partial charge in [-0.15, -0.1) is 0 Å². The molecule has 0 spiro atoms. The van der Waals surface area contributed by atoms with Gasteiger partial charge < -0.3 is 15.6 Å². The molecule has 0 fully saturated rings. The molecule has 1 aromatic heterocycles. The van der Waals surface area contributed by atoms with Gasteiger partial charge in [-0.05, 0) is 17.7 Å². The lowest BCUT2D eigenvalue weighted by Crippen LogP contribution is -2.57. The molecule has 0 saturated heterocycles. The second-order valence-corrected chi connectivity index (χ2v) is 6.90. The molecule has 0 atom stereocenters. The number of aromatic nitrogens is 2. The third-order valence-electron chi connectivity index (χ3n) is 4.35. The molecule has 1 aromatic carbocycles. The number of aromatic carboxylic acids is 1. The number of hydrogen-bond donors (Lipinski definition) is 2. The van der Waals surface area contributed by atoms with Gasteiger partial charge in [-0.2, -0.15) is 40.2 Å². The number of aliphatic imine (C=N–C) groups is 1. The molecule has 192 valence electrons.